The average Bonchev–Trinajstić information content (AvgIpc) is 3.24. The molecule has 56 heavy (non-hydrogen) atoms. The van der Waals surface area contributed by atoms with Crippen molar-refractivity contribution < 1.29 is 0 Å². The maximum Gasteiger partial charge on any atom is 0.0991 e. The van der Waals surface area contributed by atoms with Gasteiger partial charge in [-0.2, -0.15) is 10.5 Å². The molecule has 282 valence electrons. The van der Waals surface area contributed by atoms with Gasteiger partial charge in [0, 0.05) is 34.6 Å². The highest BCUT2D eigenvalue weighted by molar-refractivity contribution is 6.03. The number of aromatic nitrogens is 2. The third-order valence-electron chi connectivity index (χ3n) is 11.1. The largest absolute Gasteiger partial charge is 0.340 e. The number of benzene rings is 5. The van der Waals surface area contributed by atoms with Crippen LogP contribution in [-0.2, 0) is 13.1 Å². The van der Waals surface area contributed by atoms with Crippen molar-refractivity contribution in [3.8, 4) is 12.1 Å². The van der Waals surface area contributed by atoms with Gasteiger partial charge in [0.25, 0.3) is 0 Å². The Morgan fingerprint density at radius 1 is 0.429 bits per heavy atom. The number of para-hydroxylation sites is 2. The van der Waals surface area contributed by atoms with E-state index in [4.69, 9.17) is 9.98 Å². The number of rotatable bonds is 16. The molecule has 0 spiro atoms. The van der Waals surface area contributed by atoms with Gasteiger partial charge >= 0.3 is 0 Å². The molecule has 2 aromatic heterocycles. The highest BCUT2D eigenvalue weighted by Crippen LogP contribution is 2.29. The van der Waals surface area contributed by atoms with Gasteiger partial charge in [0.05, 0.1) is 67.4 Å². The minimum absolute atomic E-state index is 0.621. The zero-order valence-electron chi connectivity index (χ0n) is 33.0. The van der Waals surface area contributed by atoms with Gasteiger partial charge in [0.1, 0.15) is 0 Å². The molecular weight excluding hydrogens is 685 g/mol. The quantitative estimate of drug-likeness (QED) is 0.0731. The van der Waals surface area contributed by atoms with Crippen molar-refractivity contribution in [3.05, 3.63) is 131 Å². The van der Waals surface area contributed by atoms with Crippen molar-refractivity contribution in [2.75, 3.05) is 0 Å². The lowest BCUT2D eigenvalue weighted by Gasteiger charge is -2.21. The van der Waals surface area contributed by atoms with Crippen LogP contribution in [0.3, 0.4) is 0 Å². The molecule has 0 bridgehead atoms. The first-order valence-electron chi connectivity index (χ1n) is 20.7. The predicted molar refractivity (Wildman–Crippen MR) is 232 cm³/mol. The lowest BCUT2D eigenvalue weighted by Crippen LogP contribution is -2.17. The minimum atomic E-state index is 0.621. The Kier molecular flexibility index (Phi) is 12.7. The third kappa shape index (κ3) is 8.46. The zero-order chi connectivity index (χ0) is 38.7. The van der Waals surface area contributed by atoms with Crippen LogP contribution in [0.15, 0.2) is 119 Å². The summed E-state index contributed by atoms with van der Waals surface area (Å²) in [7, 11) is 0. The van der Waals surface area contributed by atoms with Crippen molar-refractivity contribution in [3.63, 3.8) is 0 Å². The number of nitrogens with zero attached hydrogens (tertiary/aromatic N) is 6. The van der Waals surface area contributed by atoms with Crippen LogP contribution in [0.4, 0.5) is 11.4 Å². The van der Waals surface area contributed by atoms with Crippen molar-refractivity contribution >= 4 is 55.0 Å². The predicted octanol–water partition coefficient (Wildman–Crippen LogP) is 12.8. The molecule has 0 radical (unpaired) electrons. The molecule has 5 aromatic carbocycles. The van der Waals surface area contributed by atoms with E-state index in [1.165, 1.54) is 64.2 Å². The van der Waals surface area contributed by atoms with Gasteiger partial charge in [0.15, 0.2) is 0 Å². The fourth-order valence-electron chi connectivity index (χ4n) is 8.07. The second-order valence-corrected chi connectivity index (χ2v) is 15.0. The molecule has 0 atom stereocenters. The zero-order valence-corrected chi connectivity index (χ0v) is 33.0. The summed E-state index contributed by atoms with van der Waals surface area (Å²) in [6.07, 6.45) is 14.7. The standard InChI is InChI=1S/C50H52N6/c1-3-5-7-9-11-17-31-55-45-21-15-13-19-41(45)49(53-39-27-23-37(35-51)24-28-39)43-34-48-44(33-47(43)55)50(54-40-29-25-38(36-52)26-30-40)42-20-14-16-22-46(42)56(48)32-18-12-10-8-6-4-2/h13-16,19-30,33-34H,3-12,17-18,31-32H2,1-2H3. The van der Waals surface area contributed by atoms with Gasteiger partial charge in [-0.25, -0.2) is 9.98 Å². The Morgan fingerprint density at radius 2 is 0.804 bits per heavy atom. The molecule has 0 aliphatic heterocycles. The highest BCUT2D eigenvalue weighted by Gasteiger charge is 2.16. The molecule has 6 nitrogen and oxygen atoms in total. The summed E-state index contributed by atoms with van der Waals surface area (Å²) in [5.41, 5.74) is 7.47. The Bertz CT molecular complexity index is 2490. The highest BCUT2D eigenvalue weighted by atomic mass is 15.0. The molecule has 0 aliphatic rings. The number of aryl methyl sites for hydroxylation is 2. The molecule has 7 rings (SSSR count). The van der Waals surface area contributed by atoms with Crippen LogP contribution in [0.2, 0.25) is 0 Å². The number of hydrogen-bond acceptors (Lipinski definition) is 4. The summed E-state index contributed by atoms with van der Waals surface area (Å²) in [5.74, 6) is 0. The summed E-state index contributed by atoms with van der Waals surface area (Å²) >= 11 is 0. The lowest BCUT2D eigenvalue weighted by atomic mass is 10.0. The van der Waals surface area contributed by atoms with E-state index in [-0.39, 0.29) is 0 Å². The third-order valence-corrected chi connectivity index (χ3v) is 11.1. The Morgan fingerprint density at radius 3 is 1.20 bits per heavy atom. The number of hydrogen-bond donors (Lipinski definition) is 0. The van der Waals surface area contributed by atoms with Crippen molar-refractivity contribution in [2.45, 2.75) is 104 Å². The van der Waals surface area contributed by atoms with Gasteiger partial charge in [-0.1, -0.05) is 114 Å². The summed E-state index contributed by atoms with van der Waals surface area (Å²) in [6.45, 7) is 6.34. The topological polar surface area (TPSA) is 82.2 Å². The van der Waals surface area contributed by atoms with Gasteiger partial charge < -0.3 is 9.13 Å². The second kappa shape index (κ2) is 18.6. The van der Waals surface area contributed by atoms with Gasteiger partial charge in [-0.15, -0.1) is 0 Å². The fourth-order valence-corrected chi connectivity index (χ4v) is 8.07. The summed E-state index contributed by atoms with van der Waals surface area (Å²) < 4.78 is 5.03. The van der Waals surface area contributed by atoms with Gasteiger partial charge in [-0.3, -0.25) is 0 Å². The van der Waals surface area contributed by atoms with Crippen LogP contribution in [0.25, 0.3) is 43.6 Å². The van der Waals surface area contributed by atoms with E-state index in [2.05, 4.69) is 95.8 Å². The maximum absolute atomic E-state index is 9.51. The monoisotopic (exact) mass is 736 g/mol. The van der Waals surface area contributed by atoms with Crippen molar-refractivity contribution in [1.82, 2.24) is 9.13 Å². The first-order chi connectivity index (χ1) is 27.6. The first kappa shape index (κ1) is 38.3. The summed E-state index contributed by atoms with van der Waals surface area (Å²) in [4.78, 5) is 10.7. The SMILES string of the molecule is CCCCCCCCn1c2ccccc2c(=Nc2ccc(C#N)cc2)c2cc3c(cc21)c(=Nc1ccc(C#N)cc1)c1ccccc1n3CCCCCCCC. The van der Waals surface area contributed by atoms with Crippen LogP contribution < -0.4 is 10.7 Å². The van der Waals surface area contributed by atoms with E-state index in [9.17, 15) is 10.5 Å². The first-order valence-corrected chi connectivity index (χ1v) is 20.7. The Labute approximate surface area is 330 Å². The van der Waals surface area contributed by atoms with E-state index in [0.717, 1.165) is 91.6 Å². The molecule has 2 heterocycles. The van der Waals surface area contributed by atoms with E-state index < -0.39 is 0 Å². The van der Waals surface area contributed by atoms with Crippen LogP contribution in [-0.4, -0.2) is 9.13 Å². The molecule has 0 amide bonds. The van der Waals surface area contributed by atoms with Crippen LogP contribution in [0.1, 0.15) is 102 Å². The fraction of sp³-hybridized carbons (Fsp3) is 0.320. The molecule has 0 fully saturated rings. The number of pyridine rings is 2. The van der Waals surface area contributed by atoms with Gasteiger partial charge in [0.2, 0.25) is 0 Å². The maximum atomic E-state index is 9.51. The average molecular weight is 737 g/mol. The van der Waals surface area contributed by atoms with Crippen molar-refractivity contribution in [2.24, 2.45) is 9.98 Å². The molecule has 7 aromatic rings. The molecule has 6 heteroatoms. The molecule has 0 saturated heterocycles. The Balaban J connectivity index is 1.55. The smallest absolute Gasteiger partial charge is 0.0991 e. The number of nitriles is 2. The Hall–Kier alpha value is -5.98. The number of fused-ring (bicyclic) bond motifs is 4. The van der Waals surface area contributed by atoms with E-state index >= 15 is 0 Å². The summed E-state index contributed by atoms with van der Waals surface area (Å²) in [6, 6.07) is 41.8. The van der Waals surface area contributed by atoms with Crippen molar-refractivity contribution in [1.29, 1.82) is 10.5 Å². The number of unbranched alkanes of at least 4 members (excludes halogenated alkanes) is 10. The van der Waals surface area contributed by atoms with E-state index in [1.807, 2.05) is 48.5 Å². The van der Waals surface area contributed by atoms with Crippen LogP contribution >= 0.6 is 0 Å². The molecule has 0 unspecified atom stereocenters. The van der Waals surface area contributed by atoms with Crippen LogP contribution in [0, 0.1) is 22.7 Å². The van der Waals surface area contributed by atoms with Crippen LogP contribution in [0.5, 0.6) is 0 Å². The summed E-state index contributed by atoms with van der Waals surface area (Å²) in [5, 5.41) is 25.3. The van der Waals surface area contributed by atoms with E-state index in [1.54, 1.807) is 0 Å². The molecule has 0 aliphatic carbocycles. The second-order valence-electron chi connectivity index (χ2n) is 15.0. The minimum Gasteiger partial charge on any atom is -0.340 e. The molecule has 0 N–H and O–H groups in total. The van der Waals surface area contributed by atoms with Gasteiger partial charge in [-0.05, 0) is 85.6 Å². The molecular formula is C50H52N6. The van der Waals surface area contributed by atoms with E-state index in [0.29, 0.717) is 11.1 Å². The molecule has 0 saturated carbocycles. The normalized spacial score (nSPS) is 12.2. The lowest BCUT2D eigenvalue weighted by molar-refractivity contribution is 0.569.